The fourth-order valence-electron chi connectivity index (χ4n) is 2.00. The van der Waals surface area contributed by atoms with Crippen LogP contribution >= 0.6 is 0 Å². The first kappa shape index (κ1) is 15.5. The maximum Gasteiger partial charge on any atom is 0.131 e. The van der Waals surface area contributed by atoms with Crippen LogP contribution in [0.25, 0.3) is 0 Å². The molecule has 4 heteroatoms. The van der Waals surface area contributed by atoms with Crippen molar-refractivity contribution in [1.82, 2.24) is 0 Å². The highest BCUT2D eigenvalue weighted by atomic mass is 16.5. The van der Waals surface area contributed by atoms with Crippen molar-refractivity contribution >= 4 is 11.5 Å². The number of rotatable bonds is 9. The molecule has 0 fully saturated rings. The first-order valence-electron chi connectivity index (χ1n) is 6.66. The lowest BCUT2D eigenvalue weighted by Gasteiger charge is -2.19. The molecule has 19 heavy (non-hydrogen) atoms. The van der Waals surface area contributed by atoms with Crippen molar-refractivity contribution < 1.29 is 14.6 Å². The summed E-state index contributed by atoms with van der Waals surface area (Å²) in [6.45, 7) is 1.81. The van der Waals surface area contributed by atoms with E-state index < -0.39 is 0 Å². The van der Waals surface area contributed by atoms with Crippen LogP contribution in [0.15, 0.2) is 24.3 Å². The van der Waals surface area contributed by atoms with Gasteiger partial charge >= 0.3 is 0 Å². The van der Waals surface area contributed by atoms with Gasteiger partial charge in [0.2, 0.25) is 0 Å². The fourth-order valence-corrected chi connectivity index (χ4v) is 2.00. The maximum absolute atomic E-state index is 11.3. The predicted octanol–water partition coefficient (Wildman–Crippen LogP) is 2.62. The monoisotopic (exact) mass is 265 g/mol. The number of unbranched alkanes of at least 4 members (excludes halogenated alkanes) is 1. The minimum Gasteiger partial charge on any atom is -0.497 e. The molecule has 4 nitrogen and oxygen atoms in total. The SMILES string of the molecule is COc1ccc(N[C@H](CCCCO)CC(C)=O)cc1. The van der Waals surface area contributed by atoms with Crippen LogP contribution in [0.2, 0.25) is 0 Å². The van der Waals surface area contributed by atoms with E-state index in [0.29, 0.717) is 6.42 Å². The summed E-state index contributed by atoms with van der Waals surface area (Å²) >= 11 is 0. The van der Waals surface area contributed by atoms with E-state index in [0.717, 1.165) is 30.7 Å². The van der Waals surface area contributed by atoms with E-state index in [1.165, 1.54) is 0 Å². The minimum absolute atomic E-state index is 0.123. The average Bonchev–Trinajstić information content (AvgIpc) is 2.39. The number of aliphatic hydroxyl groups is 1. The summed E-state index contributed by atoms with van der Waals surface area (Å²) in [6.07, 6.45) is 3.08. The summed E-state index contributed by atoms with van der Waals surface area (Å²) in [7, 11) is 1.63. The molecule has 0 saturated carbocycles. The number of ether oxygens (including phenoxy) is 1. The van der Waals surface area contributed by atoms with Gasteiger partial charge in [0.05, 0.1) is 7.11 Å². The number of benzene rings is 1. The van der Waals surface area contributed by atoms with Crippen molar-refractivity contribution in [3.05, 3.63) is 24.3 Å². The van der Waals surface area contributed by atoms with E-state index in [9.17, 15) is 4.79 Å². The molecule has 0 unspecified atom stereocenters. The van der Waals surface area contributed by atoms with Crippen molar-refractivity contribution in [1.29, 1.82) is 0 Å². The van der Waals surface area contributed by atoms with Crippen LogP contribution in [0, 0.1) is 0 Å². The number of aliphatic hydroxyl groups excluding tert-OH is 1. The highest BCUT2D eigenvalue weighted by molar-refractivity contribution is 5.76. The summed E-state index contributed by atoms with van der Waals surface area (Å²) in [5.74, 6) is 0.990. The number of carbonyl (C=O) groups excluding carboxylic acids is 1. The Labute approximate surface area is 114 Å². The molecule has 0 bridgehead atoms. The fraction of sp³-hybridized carbons (Fsp3) is 0.533. The van der Waals surface area contributed by atoms with Crippen LogP contribution in [0.5, 0.6) is 5.75 Å². The van der Waals surface area contributed by atoms with Gasteiger partial charge in [0.15, 0.2) is 0 Å². The Bertz CT molecular complexity index is 375. The van der Waals surface area contributed by atoms with Crippen LogP contribution < -0.4 is 10.1 Å². The summed E-state index contributed by atoms with van der Waals surface area (Å²) in [5.41, 5.74) is 0.982. The number of methoxy groups -OCH3 is 1. The number of hydrogen-bond acceptors (Lipinski definition) is 4. The van der Waals surface area contributed by atoms with E-state index in [2.05, 4.69) is 5.32 Å². The molecule has 0 heterocycles. The summed E-state index contributed by atoms with van der Waals surface area (Å²) in [5, 5.41) is 12.2. The molecule has 0 aliphatic carbocycles. The van der Waals surface area contributed by atoms with Crippen molar-refractivity contribution in [2.24, 2.45) is 0 Å². The molecule has 1 rings (SSSR count). The van der Waals surface area contributed by atoms with Gasteiger partial charge in [0, 0.05) is 24.8 Å². The number of Topliss-reactive ketones (excluding diaryl/α,β-unsaturated/α-hetero) is 1. The van der Waals surface area contributed by atoms with Gasteiger partial charge in [-0.3, -0.25) is 4.79 Å². The summed E-state index contributed by atoms with van der Waals surface area (Å²) in [6, 6.07) is 7.79. The van der Waals surface area contributed by atoms with Gasteiger partial charge in [-0.25, -0.2) is 0 Å². The van der Waals surface area contributed by atoms with E-state index in [-0.39, 0.29) is 18.4 Å². The average molecular weight is 265 g/mol. The van der Waals surface area contributed by atoms with Crippen molar-refractivity contribution in [3.8, 4) is 5.75 Å². The Kier molecular flexibility index (Phi) is 6.97. The number of carbonyl (C=O) groups is 1. The molecular weight excluding hydrogens is 242 g/mol. The normalized spacial score (nSPS) is 11.9. The molecule has 0 aliphatic rings. The van der Waals surface area contributed by atoms with E-state index in [4.69, 9.17) is 9.84 Å². The van der Waals surface area contributed by atoms with Gasteiger partial charge in [-0.15, -0.1) is 0 Å². The molecule has 0 aliphatic heterocycles. The van der Waals surface area contributed by atoms with E-state index in [1.54, 1.807) is 14.0 Å². The molecule has 0 spiro atoms. The Morgan fingerprint density at radius 2 is 2.00 bits per heavy atom. The topological polar surface area (TPSA) is 58.6 Å². The van der Waals surface area contributed by atoms with E-state index >= 15 is 0 Å². The molecule has 1 aromatic rings. The Balaban J connectivity index is 2.55. The molecular formula is C15H23NO3. The second-order valence-electron chi connectivity index (χ2n) is 4.70. The largest absolute Gasteiger partial charge is 0.497 e. The second-order valence-corrected chi connectivity index (χ2v) is 4.70. The molecule has 2 N–H and O–H groups in total. The molecule has 0 saturated heterocycles. The first-order chi connectivity index (χ1) is 9.15. The third-order valence-electron chi connectivity index (χ3n) is 2.96. The summed E-state index contributed by atoms with van der Waals surface area (Å²) in [4.78, 5) is 11.3. The molecule has 106 valence electrons. The lowest BCUT2D eigenvalue weighted by atomic mass is 10.0. The van der Waals surface area contributed by atoms with Crippen LogP contribution in [0.1, 0.15) is 32.6 Å². The zero-order chi connectivity index (χ0) is 14.1. The van der Waals surface area contributed by atoms with Crippen molar-refractivity contribution in [3.63, 3.8) is 0 Å². The number of hydrogen-bond donors (Lipinski definition) is 2. The standard InChI is InChI=1S/C15H23NO3/c1-12(18)11-14(5-3-4-10-17)16-13-6-8-15(19-2)9-7-13/h6-9,14,16-17H,3-5,10-11H2,1-2H3/t14-/m1/s1. The van der Waals surface area contributed by atoms with Gasteiger partial charge in [0.1, 0.15) is 11.5 Å². The Morgan fingerprint density at radius 1 is 1.32 bits per heavy atom. The van der Waals surface area contributed by atoms with Gasteiger partial charge < -0.3 is 15.2 Å². The lowest BCUT2D eigenvalue weighted by Crippen LogP contribution is -2.22. The molecule has 0 radical (unpaired) electrons. The number of nitrogens with one attached hydrogen (secondary N) is 1. The van der Waals surface area contributed by atoms with Gasteiger partial charge in [-0.1, -0.05) is 0 Å². The minimum atomic E-state index is 0.123. The molecule has 1 aromatic carbocycles. The van der Waals surface area contributed by atoms with Gasteiger partial charge in [-0.05, 0) is 50.5 Å². The summed E-state index contributed by atoms with van der Waals surface area (Å²) < 4.78 is 5.11. The maximum atomic E-state index is 11.3. The van der Waals surface area contributed by atoms with Crippen LogP contribution in [-0.4, -0.2) is 30.6 Å². The van der Waals surface area contributed by atoms with Crippen molar-refractivity contribution in [2.45, 2.75) is 38.6 Å². The predicted molar refractivity (Wildman–Crippen MR) is 76.6 cm³/mol. The van der Waals surface area contributed by atoms with Gasteiger partial charge in [0.25, 0.3) is 0 Å². The van der Waals surface area contributed by atoms with Crippen molar-refractivity contribution in [2.75, 3.05) is 19.0 Å². The number of anilines is 1. The zero-order valence-corrected chi connectivity index (χ0v) is 11.7. The van der Waals surface area contributed by atoms with Crippen LogP contribution in [0.4, 0.5) is 5.69 Å². The molecule has 0 amide bonds. The molecule has 0 aromatic heterocycles. The third-order valence-corrected chi connectivity index (χ3v) is 2.96. The van der Waals surface area contributed by atoms with Gasteiger partial charge in [-0.2, -0.15) is 0 Å². The lowest BCUT2D eigenvalue weighted by molar-refractivity contribution is -0.117. The van der Waals surface area contributed by atoms with Crippen LogP contribution in [-0.2, 0) is 4.79 Å². The highest BCUT2D eigenvalue weighted by Gasteiger charge is 2.11. The highest BCUT2D eigenvalue weighted by Crippen LogP contribution is 2.18. The third kappa shape index (κ3) is 6.25. The first-order valence-corrected chi connectivity index (χ1v) is 6.66. The quantitative estimate of drug-likeness (QED) is 0.674. The Hall–Kier alpha value is -1.55. The molecule has 1 atom stereocenters. The second kappa shape index (κ2) is 8.53. The Morgan fingerprint density at radius 3 is 2.53 bits per heavy atom. The van der Waals surface area contributed by atoms with Crippen LogP contribution in [0.3, 0.4) is 0 Å². The number of ketones is 1. The zero-order valence-electron chi connectivity index (χ0n) is 11.7. The smallest absolute Gasteiger partial charge is 0.131 e. The van der Waals surface area contributed by atoms with E-state index in [1.807, 2.05) is 24.3 Å².